The Morgan fingerprint density at radius 1 is 1.52 bits per heavy atom. The first-order valence-electron chi connectivity index (χ1n) is 7.21. The summed E-state index contributed by atoms with van der Waals surface area (Å²) in [6, 6.07) is 6.72. The van der Waals surface area contributed by atoms with E-state index < -0.39 is 17.3 Å². The van der Waals surface area contributed by atoms with Gasteiger partial charge in [0.15, 0.2) is 0 Å². The monoisotopic (exact) mass is 289 g/mol. The number of nitriles is 1. The molecule has 0 bridgehead atoms. The number of anilines is 1. The fourth-order valence-corrected chi connectivity index (χ4v) is 2.98. The molecule has 0 radical (unpaired) electrons. The second-order valence-electron chi connectivity index (χ2n) is 5.79. The summed E-state index contributed by atoms with van der Waals surface area (Å²) in [5.41, 5.74) is -0.0968. The summed E-state index contributed by atoms with van der Waals surface area (Å²) in [5.74, 6) is -0.572. The Balaban J connectivity index is 2.21. The standard InChI is InChI=1S/C16H20FN3O/c1-11-4-3-7-16(9-11,10-18)20-12-5-6-13(14(17)8-12)15(21)19-2/h5-6,8,11,20H,3-4,7,9H2,1-2H3,(H,19,21)/t11-,16+/m1/s1. The molecule has 5 heteroatoms. The third kappa shape index (κ3) is 3.33. The van der Waals surface area contributed by atoms with Crippen LogP contribution in [0.15, 0.2) is 18.2 Å². The molecule has 1 aromatic carbocycles. The second kappa shape index (κ2) is 6.13. The Morgan fingerprint density at radius 2 is 2.29 bits per heavy atom. The van der Waals surface area contributed by atoms with Gasteiger partial charge in [-0.05, 0) is 43.4 Å². The van der Waals surface area contributed by atoms with Crippen molar-refractivity contribution in [1.82, 2.24) is 5.32 Å². The van der Waals surface area contributed by atoms with Gasteiger partial charge in [0.05, 0.1) is 11.6 Å². The van der Waals surface area contributed by atoms with E-state index in [2.05, 4.69) is 23.6 Å². The number of hydrogen-bond donors (Lipinski definition) is 2. The number of halogens is 1. The molecule has 0 aliphatic heterocycles. The summed E-state index contributed by atoms with van der Waals surface area (Å²) < 4.78 is 14.0. The van der Waals surface area contributed by atoms with E-state index in [-0.39, 0.29) is 5.56 Å². The molecule has 0 unspecified atom stereocenters. The minimum absolute atomic E-state index is 0.00562. The molecular weight excluding hydrogens is 269 g/mol. The van der Waals surface area contributed by atoms with E-state index in [1.165, 1.54) is 19.2 Å². The van der Waals surface area contributed by atoms with Crippen LogP contribution in [-0.2, 0) is 0 Å². The van der Waals surface area contributed by atoms with Gasteiger partial charge in [0.2, 0.25) is 0 Å². The van der Waals surface area contributed by atoms with Gasteiger partial charge in [0.25, 0.3) is 5.91 Å². The van der Waals surface area contributed by atoms with Gasteiger partial charge in [-0.15, -0.1) is 0 Å². The molecule has 1 aromatic rings. The highest BCUT2D eigenvalue weighted by Gasteiger charge is 2.35. The molecule has 0 saturated heterocycles. The van der Waals surface area contributed by atoms with Gasteiger partial charge in [-0.25, -0.2) is 4.39 Å². The topological polar surface area (TPSA) is 64.9 Å². The highest BCUT2D eigenvalue weighted by molar-refractivity contribution is 5.94. The largest absolute Gasteiger partial charge is 0.367 e. The van der Waals surface area contributed by atoms with Crippen LogP contribution >= 0.6 is 0 Å². The first-order chi connectivity index (χ1) is 9.99. The average molecular weight is 289 g/mol. The van der Waals surface area contributed by atoms with Crippen LogP contribution in [0, 0.1) is 23.1 Å². The zero-order valence-corrected chi connectivity index (χ0v) is 12.4. The van der Waals surface area contributed by atoms with Gasteiger partial charge in [-0.1, -0.05) is 13.3 Å². The molecule has 1 amide bonds. The fraction of sp³-hybridized carbons (Fsp3) is 0.500. The van der Waals surface area contributed by atoms with Crippen LogP contribution in [0.4, 0.5) is 10.1 Å². The molecule has 1 saturated carbocycles. The number of carbonyl (C=O) groups excluding carboxylic acids is 1. The third-order valence-corrected chi connectivity index (χ3v) is 4.04. The lowest BCUT2D eigenvalue weighted by Gasteiger charge is -2.35. The first-order valence-corrected chi connectivity index (χ1v) is 7.21. The van der Waals surface area contributed by atoms with Crippen LogP contribution in [0.25, 0.3) is 0 Å². The average Bonchev–Trinajstić information content (AvgIpc) is 2.46. The second-order valence-corrected chi connectivity index (χ2v) is 5.79. The van der Waals surface area contributed by atoms with Crippen molar-refractivity contribution in [3.63, 3.8) is 0 Å². The van der Waals surface area contributed by atoms with Crippen LogP contribution in [0.5, 0.6) is 0 Å². The van der Waals surface area contributed by atoms with Crippen LogP contribution < -0.4 is 10.6 Å². The molecule has 2 rings (SSSR count). The summed E-state index contributed by atoms with van der Waals surface area (Å²) in [6.45, 7) is 2.13. The van der Waals surface area contributed by atoms with Crippen molar-refractivity contribution in [3.05, 3.63) is 29.6 Å². The zero-order chi connectivity index (χ0) is 15.5. The highest BCUT2D eigenvalue weighted by Crippen LogP contribution is 2.34. The minimum Gasteiger partial charge on any atom is -0.367 e. The van der Waals surface area contributed by atoms with Gasteiger partial charge >= 0.3 is 0 Å². The lowest BCUT2D eigenvalue weighted by molar-refractivity contribution is 0.0959. The summed E-state index contributed by atoms with van der Waals surface area (Å²) >= 11 is 0. The Hall–Kier alpha value is -2.09. The van der Waals surface area contributed by atoms with Gasteiger partial charge in [0.1, 0.15) is 11.4 Å². The summed E-state index contributed by atoms with van der Waals surface area (Å²) in [7, 11) is 1.46. The molecule has 1 fully saturated rings. The molecule has 2 atom stereocenters. The minimum atomic E-state index is -0.640. The smallest absolute Gasteiger partial charge is 0.253 e. The van der Waals surface area contributed by atoms with Crippen LogP contribution in [0.2, 0.25) is 0 Å². The highest BCUT2D eigenvalue weighted by atomic mass is 19.1. The Kier molecular flexibility index (Phi) is 4.46. The third-order valence-electron chi connectivity index (χ3n) is 4.04. The van der Waals surface area contributed by atoms with E-state index in [4.69, 9.17) is 0 Å². The molecule has 1 aliphatic carbocycles. The molecular formula is C16H20FN3O. The number of carbonyl (C=O) groups is 1. The Bertz CT molecular complexity index is 581. The Morgan fingerprint density at radius 3 is 2.86 bits per heavy atom. The van der Waals surface area contributed by atoms with E-state index in [9.17, 15) is 14.4 Å². The molecule has 1 aliphatic rings. The lowest BCUT2D eigenvalue weighted by Crippen LogP contribution is -2.41. The van der Waals surface area contributed by atoms with E-state index in [1.54, 1.807) is 6.07 Å². The SMILES string of the molecule is CNC(=O)c1ccc(N[C@@]2(C#N)CCC[C@@H](C)C2)cc1F. The summed E-state index contributed by atoms with van der Waals surface area (Å²) in [6.07, 6.45) is 3.62. The maximum absolute atomic E-state index is 14.0. The van der Waals surface area contributed by atoms with Crippen LogP contribution in [0.3, 0.4) is 0 Å². The lowest BCUT2D eigenvalue weighted by atomic mass is 9.77. The normalized spacial score (nSPS) is 25.0. The van der Waals surface area contributed by atoms with Crippen molar-refractivity contribution in [2.75, 3.05) is 12.4 Å². The number of nitrogens with one attached hydrogen (secondary N) is 2. The van der Waals surface area contributed by atoms with E-state index in [0.29, 0.717) is 11.6 Å². The molecule has 0 spiro atoms. The van der Waals surface area contributed by atoms with Crippen LogP contribution in [0.1, 0.15) is 43.0 Å². The molecule has 0 heterocycles. The molecule has 112 valence electrons. The van der Waals surface area contributed by atoms with Crippen LogP contribution in [-0.4, -0.2) is 18.5 Å². The van der Waals surface area contributed by atoms with Crippen molar-refractivity contribution in [2.24, 2.45) is 5.92 Å². The summed E-state index contributed by atoms with van der Waals surface area (Å²) in [4.78, 5) is 11.5. The van der Waals surface area contributed by atoms with E-state index in [1.807, 2.05) is 0 Å². The molecule has 21 heavy (non-hydrogen) atoms. The maximum atomic E-state index is 14.0. The van der Waals surface area contributed by atoms with Crippen molar-refractivity contribution in [1.29, 1.82) is 5.26 Å². The van der Waals surface area contributed by atoms with Gasteiger partial charge in [-0.3, -0.25) is 4.79 Å². The number of rotatable bonds is 3. The molecule has 0 aromatic heterocycles. The van der Waals surface area contributed by atoms with Gasteiger partial charge in [0, 0.05) is 12.7 Å². The number of amides is 1. The number of hydrogen-bond acceptors (Lipinski definition) is 3. The fourth-order valence-electron chi connectivity index (χ4n) is 2.98. The number of nitrogens with zero attached hydrogens (tertiary/aromatic N) is 1. The molecule has 2 N–H and O–H groups in total. The predicted molar refractivity (Wildman–Crippen MR) is 79.4 cm³/mol. The number of benzene rings is 1. The van der Waals surface area contributed by atoms with E-state index >= 15 is 0 Å². The summed E-state index contributed by atoms with van der Waals surface area (Å²) in [5, 5.41) is 15.1. The van der Waals surface area contributed by atoms with Crippen molar-refractivity contribution < 1.29 is 9.18 Å². The van der Waals surface area contributed by atoms with Gasteiger partial charge < -0.3 is 10.6 Å². The first kappa shape index (κ1) is 15.3. The molecule has 4 nitrogen and oxygen atoms in total. The maximum Gasteiger partial charge on any atom is 0.253 e. The van der Waals surface area contributed by atoms with Crippen molar-refractivity contribution in [3.8, 4) is 6.07 Å². The Labute approximate surface area is 124 Å². The zero-order valence-electron chi connectivity index (χ0n) is 12.4. The van der Waals surface area contributed by atoms with Crippen molar-refractivity contribution in [2.45, 2.75) is 38.1 Å². The quantitative estimate of drug-likeness (QED) is 0.898. The van der Waals surface area contributed by atoms with Gasteiger partial charge in [-0.2, -0.15) is 5.26 Å². The van der Waals surface area contributed by atoms with Crippen molar-refractivity contribution >= 4 is 11.6 Å². The predicted octanol–water partition coefficient (Wildman–Crippen LogP) is 3.07. The van der Waals surface area contributed by atoms with E-state index in [0.717, 1.165) is 25.7 Å².